The van der Waals surface area contributed by atoms with Crippen molar-refractivity contribution in [1.82, 2.24) is 29.9 Å². The molecule has 0 radical (unpaired) electrons. The number of halogens is 1. The van der Waals surface area contributed by atoms with Crippen molar-refractivity contribution in [2.24, 2.45) is 5.92 Å². The number of carbonyl (C=O) groups excluding carboxylic acids is 1. The van der Waals surface area contributed by atoms with E-state index in [9.17, 15) is 9.18 Å². The molecule has 2 bridgehead atoms. The maximum absolute atomic E-state index is 13.3. The number of nitrogens with one attached hydrogen (secondary N) is 1. The van der Waals surface area contributed by atoms with Crippen LogP contribution in [0.25, 0.3) is 11.4 Å². The lowest BCUT2D eigenvalue weighted by Crippen LogP contribution is -2.73. The third-order valence-electron chi connectivity index (χ3n) is 6.37. The molecule has 9 heteroatoms. The van der Waals surface area contributed by atoms with Crippen molar-refractivity contribution in [3.8, 4) is 11.4 Å². The summed E-state index contributed by atoms with van der Waals surface area (Å²) in [5, 5.41) is 11.5. The van der Waals surface area contributed by atoms with Gasteiger partial charge in [-0.25, -0.2) is 19.2 Å². The first-order chi connectivity index (χ1) is 14.9. The van der Waals surface area contributed by atoms with E-state index in [1.54, 1.807) is 17.2 Å². The number of fused-ring (bicyclic) bond motifs is 2. The molecule has 0 unspecified atom stereocenters. The minimum absolute atomic E-state index is 0.120. The van der Waals surface area contributed by atoms with Crippen molar-refractivity contribution in [3.63, 3.8) is 0 Å². The van der Waals surface area contributed by atoms with Crippen molar-refractivity contribution in [2.75, 3.05) is 5.32 Å². The smallest absolute Gasteiger partial charge is 0.314 e. The lowest BCUT2D eigenvalue weighted by atomic mass is 9.64. The molecule has 1 N–H and O–H groups in total. The number of aromatic nitrogens is 5. The van der Waals surface area contributed by atoms with Crippen LogP contribution < -0.4 is 5.32 Å². The molecule has 2 fully saturated rings. The van der Waals surface area contributed by atoms with E-state index in [2.05, 4.69) is 32.4 Å². The first kappa shape index (κ1) is 19.6. The molecule has 5 rings (SSSR count). The van der Waals surface area contributed by atoms with Gasteiger partial charge in [-0.15, -0.1) is 0 Å². The number of piperidine rings is 1. The van der Waals surface area contributed by atoms with Gasteiger partial charge in [-0.05, 0) is 49.8 Å². The molecular weight excluding hydrogens is 397 g/mol. The Morgan fingerprint density at radius 2 is 1.97 bits per heavy atom. The quantitative estimate of drug-likeness (QED) is 0.695. The Balaban J connectivity index is 1.38. The zero-order valence-electron chi connectivity index (χ0n) is 17.5. The van der Waals surface area contributed by atoms with Gasteiger partial charge in [0.1, 0.15) is 0 Å². The first-order valence-corrected chi connectivity index (χ1v) is 10.5. The highest BCUT2D eigenvalue weighted by molar-refractivity contribution is 5.91. The number of urea groups is 1. The second kappa shape index (κ2) is 7.40. The molecule has 2 saturated heterocycles. The second-order valence-corrected chi connectivity index (χ2v) is 8.74. The Morgan fingerprint density at radius 3 is 2.71 bits per heavy atom. The molecule has 1 aromatic carbocycles. The van der Waals surface area contributed by atoms with Crippen LogP contribution in [0.5, 0.6) is 0 Å². The number of hydrogen-bond acceptors (Lipinski definition) is 5. The lowest BCUT2D eigenvalue weighted by molar-refractivity contribution is -0.102. The summed E-state index contributed by atoms with van der Waals surface area (Å²) in [7, 11) is 0. The minimum atomic E-state index is -0.485. The van der Waals surface area contributed by atoms with Gasteiger partial charge in [-0.3, -0.25) is 0 Å². The third kappa shape index (κ3) is 3.54. The van der Waals surface area contributed by atoms with Crippen LogP contribution in [0.3, 0.4) is 0 Å². The van der Waals surface area contributed by atoms with Gasteiger partial charge in [-0.1, -0.05) is 13.0 Å². The van der Waals surface area contributed by atoms with Gasteiger partial charge in [0.15, 0.2) is 11.6 Å². The van der Waals surface area contributed by atoms with Crippen LogP contribution in [0.2, 0.25) is 0 Å². The zero-order valence-corrected chi connectivity index (χ0v) is 17.5. The monoisotopic (exact) mass is 421 g/mol. The van der Waals surface area contributed by atoms with Crippen LogP contribution in [0.4, 0.5) is 14.9 Å². The summed E-state index contributed by atoms with van der Waals surface area (Å²) in [5.41, 5.74) is 2.09. The molecule has 160 valence electrons. The normalized spacial score (nSPS) is 24.5. The largest absolute Gasteiger partial charge is 0.322 e. The van der Waals surface area contributed by atoms with E-state index in [4.69, 9.17) is 0 Å². The molecule has 2 amide bonds. The topological polar surface area (TPSA) is 88.8 Å². The summed E-state index contributed by atoms with van der Waals surface area (Å²) in [6.45, 7) is 4.76. The molecule has 2 aliphatic heterocycles. The fourth-order valence-electron chi connectivity index (χ4n) is 5.22. The van der Waals surface area contributed by atoms with Crippen LogP contribution >= 0.6 is 0 Å². The number of carbonyl (C=O) groups is 1. The summed E-state index contributed by atoms with van der Waals surface area (Å²) >= 11 is 0. The highest BCUT2D eigenvalue weighted by atomic mass is 19.1. The van der Waals surface area contributed by atoms with Gasteiger partial charge in [0, 0.05) is 17.3 Å². The summed E-state index contributed by atoms with van der Waals surface area (Å²) in [6.07, 6.45) is 8.51. The Labute approximate surface area is 179 Å². The Kier molecular flexibility index (Phi) is 4.68. The van der Waals surface area contributed by atoms with Crippen LogP contribution in [-0.4, -0.2) is 47.5 Å². The molecule has 4 heterocycles. The number of anilines is 1. The van der Waals surface area contributed by atoms with E-state index in [1.165, 1.54) is 0 Å². The summed E-state index contributed by atoms with van der Waals surface area (Å²) in [6, 6.07) is 5.70. The molecule has 31 heavy (non-hydrogen) atoms. The van der Waals surface area contributed by atoms with Crippen LogP contribution in [0.1, 0.15) is 31.7 Å². The van der Waals surface area contributed by atoms with E-state index in [0.717, 1.165) is 42.8 Å². The molecule has 0 aliphatic carbocycles. The molecule has 0 saturated carbocycles. The average Bonchev–Trinajstić information content (AvgIpc) is 3.22. The van der Waals surface area contributed by atoms with Gasteiger partial charge >= 0.3 is 6.03 Å². The maximum atomic E-state index is 13.3. The Morgan fingerprint density at radius 1 is 1.23 bits per heavy atom. The number of benzene rings is 1. The Bertz CT molecular complexity index is 1100. The maximum Gasteiger partial charge on any atom is 0.322 e. The number of rotatable bonds is 4. The van der Waals surface area contributed by atoms with E-state index in [-0.39, 0.29) is 17.6 Å². The van der Waals surface area contributed by atoms with Gasteiger partial charge in [0.05, 0.1) is 36.9 Å². The van der Waals surface area contributed by atoms with Crippen molar-refractivity contribution in [3.05, 3.63) is 54.4 Å². The molecule has 2 aliphatic rings. The summed E-state index contributed by atoms with van der Waals surface area (Å²) in [5.74, 6) is 0.493. The standard InChI is InChI=1S/C22H24FN7O/c1-14-7-18-10-22(9-14,13-29-26-5-6-27-29)30(18)21(31)28-17-4-3-15(2)19(8-17)20-24-11-16(23)12-25-20/h3-6,8,11-12,14,18H,7,9-10,13H2,1-2H3,(H,28,31)/t14-,18-,22+/m0/s1. The summed E-state index contributed by atoms with van der Waals surface area (Å²) < 4.78 is 13.2. The first-order valence-electron chi connectivity index (χ1n) is 10.5. The van der Waals surface area contributed by atoms with Crippen LogP contribution in [-0.2, 0) is 6.54 Å². The zero-order chi connectivity index (χ0) is 21.6. The highest BCUT2D eigenvalue weighted by Crippen LogP contribution is 2.50. The minimum Gasteiger partial charge on any atom is -0.314 e. The molecule has 3 atom stereocenters. The van der Waals surface area contributed by atoms with Crippen molar-refractivity contribution in [2.45, 2.75) is 51.2 Å². The average molecular weight is 421 g/mol. The molecule has 8 nitrogen and oxygen atoms in total. The second-order valence-electron chi connectivity index (χ2n) is 8.74. The Hall–Kier alpha value is -3.36. The number of aryl methyl sites for hydroxylation is 1. The predicted molar refractivity (Wildman–Crippen MR) is 113 cm³/mol. The fraction of sp³-hybridized carbons (Fsp3) is 0.409. The number of amides is 2. The highest BCUT2D eigenvalue weighted by Gasteiger charge is 2.58. The van der Waals surface area contributed by atoms with Gasteiger partial charge in [-0.2, -0.15) is 15.0 Å². The molecule has 0 spiro atoms. The van der Waals surface area contributed by atoms with E-state index in [1.807, 2.05) is 30.0 Å². The van der Waals surface area contributed by atoms with Crippen molar-refractivity contribution in [1.29, 1.82) is 0 Å². The summed E-state index contributed by atoms with van der Waals surface area (Å²) in [4.78, 5) is 25.1. The molecule has 2 aromatic heterocycles. The predicted octanol–water partition coefficient (Wildman–Crippen LogP) is 3.66. The fourth-order valence-corrected chi connectivity index (χ4v) is 5.22. The van der Waals surface area contributed by atoms with Crippen LogP contribution in [0.15, 0.2) is 43.0 Å². The SMILES string of the molecule is Cc1ccc(NC(=O)N2[C@H]3C[C@H](C)C[C@]2(Cn2nccn2)C3)cc1-c1ncc(F)cn1. The van der Waals surface area contributed by atoms with E-state index in [0.29, 0.717) is 24.0 Å². The molecule has 3 aromatic rings. The van der Waals surface area contributed by atoms with E-state index >= 15 is 0 Å². The lowest BCUT2D eigenvalue weighted by Gasteiger charge is -2.63. The van der Waals surface area contributed by atoms with E-state index < -0.39 is 5.82 Å². The van der Waals surface area contributed by atoms with Gasteiger partial charge in [0.25, 0.3) is 0 Å². The molecular formula is C22H24FN7O. The number of hydrogen-bond donors (Lipinski definition) is 1. The van der Waals surface area contributed by atoms with Gasteiger partial charge < -0.3 is 10.2 Å². The van der Waals surface area contributed by atoms with Crippen LogP contribution in [0, 0.1) is 18.7 Å². The van der Waals surface area contributed by atoms with Gasteiger partial charge in [0.2, 0.25) is 0 Å². The third-order valence-corrected chi connectivity index (χ3v) is 6.37. The van der Waals surface area contributed by atoms with Crippen molar-refractivity contribution >= 4 is 11.7 Å². The van der Waals surface area contributed by atoms with Crippen molar-refractivity contribution < 1.29 is 9.18 Å². The number of nitrogens with zero attached hydrogens (tertiary/aromatic N) is 6.